The molecule has 0 atom stereocenters. The van der Waals surface area contributed by atoms with Gasteiger partial charge in [-0.15, -0.1) is 0 Å². The van der Waals surface area contributed by atoms with Crippen LogP contribution < -0.4 is 5.73 Å². The number of hydrogen-bond donors (Lipinski definition) is 3. The first-order valence-corrected chi connectivity index (χ1v) is 11.7. The highest BCUT2D eigenvalue weighted by atomic mass is 16.3. The van der Waals surface area contributed by atoms with Gasteiger partial charge < -0.3 is 20.5 Å². The van der Waals surface area contributed by atoms with Crippen LogP contribution in [0.4, 0.5) is 5.82 Å². The quantitative estimate of drug-likeness (QED) is 0.230. The predicted molar refractivity (Wildman–Crippen MR) is 159 cm³/mol. The number of hydrogen-bond acceptors (Lipinski definition) is 5. The lowest BCUT2D eigenvalue weighted by atomic mass is 10.0. The lowest BCUT2D eigenvalue weighted by molar-refractivity contribution is 0.474. The number of aryl methyl sites for hydroxylation is 4. The van der Waals surface area contributed by atoms with Gasteiger partial charge in [0.2, 0.25) is 0 Å². The Morgan fingerprint density at radius 3 is 1.55 bits per heavy atom. The molecule has 0 spiro atoms. The molecule has 3 heterocycles. The average Bonchev–Trinajstić information content (AvgIpc) is 3.17. The average molecular weight is 511 g/mol. The van der Waals surface area contributed by atoms with E-state index < -0.39 is 0 Å². The molecular weight excluding hydrogens is 472 g/mol. The lowest BCUT2D eigenvalue weighted by Crippen LogP contribution is -2.02. The van der Waals surface area contributed by atoms with E-state index in [1.807, 2.05) is 56.3 Å². The zero-order valence-corrected chi connectivity index (χ0v) is 20.9. The number of aromatic hydroxyl groups is 2. The number of phenols is 2. The molecule has 0 amide bonds. The van der Waals surface area contributed by atoms with Gasteiger partial charge in [0.15, 0.2) is 0 Å². The Labute approximate surface area is 226 Å². The van der Waals surface area contributed by atoms with Crippen molar-refractivity contribution in [3.63, 3.8) is 0 Å². The monoisotopic (exact) mass is 510 g/mol. The molecule has 0 saturated carbocycles. The maximum absolute atomic E-state index is 9.54. The third kappa shape index (κ3) is 6.59. The van der Waals surface area contributed by atoms with E-state index in [9.17, 15) is 10.2 Å². The summed E-state index contributed by atoms with van der Waals surface area (Å²) in [6.45, 7) is 8.07. The molecule has 6 nitrogen and oxygen atoms in total. The molecule has 0 fully saturated rings. The van der Waals surface area contributed by atoms with Gasteiger partial charge in [-0.1, -0.05) is 27.0 Å². The van der Waals surface area contributed by atoms with Crippen molar-refractivity contribution in [3.05, 3.63) is 107 Å². The fraction of sp³-hybridized carbons (Fsp3) is 0.188. The first-order valence-electron chi connectivity index (χ1n) is 11.7. The molecule has 5 aromatic rings. The molecular formula is C32H38N4O2. The van der Waals surface area contributed by atoms with Crippen LogP contribution in [0.2, 0.25) is 0 Å². The van der Waals surface area contributed by atoms with Crippen molar-refractivity contribution >= 4 is 5.82 Å². The molecule has 38 heavy (non-hydrogen) atoms. The number of aromatic nitrogens is 3. The first-order chi connectivity index (χ1) is 17.2. The summed E-state index contributed by atoms with van der Waals surface area (Å²) in [5.41, 5.74) is 13.7. The summed E-state index contributed by atoms with van der Waals surface area (Å²) in [5, 5.41) is 18.8. The summed E-state index contributed by atoms with van der Waals surface area (Å²) in [5.74, 6) is 1.96. The van der Waals surface area contributed by atoms with Crippen molar-refractivity contribution in [1.82, 2.24) is 14.5 Å². The van der Waals surface area contributed by atoms with Gasteiger partial charge in [-0.25, -0.2) is 9.97 Å². The SMILES string of the molecule is C.C.Cc1cc(O)ccc1-c1cccc(-n2c(C)ccc2C)n1.Cc1cc(O)ccc1-c1cccc(N)n1. The van der Waals surface area contributed by atoms with E-state index in [0.717, 1.165) is 39.5 Å². The second-order valence-electron chi connectivity index (χ2n) is 8.78. The second-order valence-corrected chi connectivity index (χ2v) is 8.78. The van der Waals surface area contributed by atoms with Crippen LogP contribution in [-0.2, 0) is 0 Å². The molecule has 5 rings (SSSR count). The van der Waals surface area contributed by atoms with Crippen LogP contribution in [0.1, 0.15) is 37.4 Å². The lowest BCUT2D eigenvalue weighted by Gasteiger charge is -2.11. The number of benzene rings is 2. The largest absolute Gasteiger partial charge is 0.508 e. The highest BCUT2D eigenvalue weighted by Gasteiger charge is 2.09. The van der Waals surface area contributed by atoms with Crippen LogP contribution in [0, 0.1) is 27.7 Å². The van der Waals surface area contributed by atoms with E-state index in [-0.39, 0.29) is 26.4 Å². The Balaban J connectivity index is 0.000000266. The zero-order valence-electron chi connectivity index (χ0n) is 20.9. The molecule has 2 aromatic carbocycles. The Morgan fingerprint density at radius 1 is 0.605 bits per heavy atom. The van der Waals surface area contributed by atoms with Crippen molar-refractivity contribution in [1.29, 1.82) is 0 Å². The number of nitrogens with zero attached hydrogens (tertiary/aromatic N) is 3. The molecule has 0 aliphatic rings. The van der Waals surface area contributed by atoms with Crippen molar-refractivity contribution in [2.45, 2.75) is 42.5 Å². The summed E-state index contributed by atoms with van der Waals surface area (Å²) in [7, 11) is 0. The Bertz CT molecular complexity index is 1500. The fourth-order valence-corrected chi connectivity index (χ4v) is 4.20. The van der Waals surface area contributed by atoms with Crippen molar-refractivity contribution < 1.29 is 10.2 Å². The Hall–Kier alpha value is -4.58. The number of rotatable bonds is 3. The van der Waals surface area contributed by atoms with Crippen molar-refractivity contribution in [2.24, 2.45) is 0 Å². The standard InChI is InChI=1S/C18H18N2O.C12H12N2O.2CH4/c1-12-11-15(21)9-10-16(12)17-5-4-6-18(19-17)20-13(2)7-8-14(20)3;1-8-7-9(15)5-6-10(8)11-3-2-4-12(13)14-11;;/h4-11,21H,1-3H3;2-7,15H,1H3,(H2,13,14);2*1H4. The third-order valence-electron chi connectivity index (χ3n) is 5.98. The predicted octanol–water partition coefficient (Wildman–Crippen LogP) is 7.79. The van der Waals surface area contributed by atoms with Gasteiger partial charge in [0.05, 0.1) is 11.4 Å². The molecule has 0 aliphatic carbocycles. The van der Waals surface area contributed by atoms with E-state index in [0.29, 0.717) is 5.82 Å². The summed E-state index contributed by atoms with van der Waals surface area (Å²) in [6, 6.07) is 26.3. The van der Waals surface area contributed by atoms with Gasteiger partial charge in [-0.3, -0.25) is 0 Å². The smallest absolute Gasteiger partial charge is 0.137 e. The maximum atomic E-state index is 9.54. The van der Waals surface area contributed by atoms with Crippen LogP contribution in [0.3, 0.4) is 0 Å². The molecule has 3 aromatic heterocycles. The summed E-state index contributed by atoms with van der Waals surface area (Å²) in [4.78, 5) is 9.01. The summed E-state index contributed by atoms with van der Waals surface area (Å²) >= 11 is 0. The summed E-state index contributed by atoms with van der Waals surface area (Å²) in [6.07, 6.45) is 0. The van der Waals surface area contributed by atoms with Gasteiger partial charge in [-0.2, -0.15) is 0 Å². The van der Waals surface area contributed by atoms with Crippen LogP contribution in [0.25, 0.3) is 28.3 Å². The topological polar surface area (TPSA) is 97.2 Å². The summed E-state index contributed by atoms with van der Waals surface area (Å²) < 4.78 is 2.14. The molecule has 0 radical (unpaired) electrons. The fourth-order valence-electron chi connectivity index (χ4n) is 4.20. The highest BCUT2D eigenvalue weighted by Crippen LogP contribution is 2.27. The van der Waals surface area contributed by atoms with Gasteiger partial charge in [-0.05, 0) is 112 Å². The molecule has 0 saturated heterocycles. The third-order valence-corrected chi connectivity index (χ3v) is 5.98. The van der Waals surface area contributed by atoms with E-state index in [1.165, 1.54) is 11.4 Å². The van der Waals surface area contributed by atoms with Crippen LogP contribution in [0.15, 0.2) is 84.9 Å². The molecule has 198 valence electrons. The first kappa shape index (κ1) is 29.6. The maximum Gasteiger partial charge on any atom is 0.137 e. The van der Waals surface area contributed by atoms with Gasteiger partial charge in [0, 0.05) is 22.5 Å². The van der Waals surface area contributed by atoms with Crippen molar-refractivity contribution in [2.75, 3.05) is 5.73 Å². The van der Waals surface area contributed by atoms with E-state index in [2.05, 4.69) is 35.5 Å². The molecule has 0 unspecified atom stereocenters. The van der Waals surface area contributed by atoms with E-state index >= 15 is 0 Å². The van der Waals surface area contributed by atoms with E-state index in [1.54, 1.807) is 30.3 Å². The zero-order chi connectivity index (χ0) is 25.8. The number of nitrogens with two attached hydrogens (primary N) is 1. The minimum Gasteiger partial charge on any atom is -0.508 e. The molecule has 0 bridgehead atoms. The number of nitrogen functional groups attached to an aromatic ring is 1. The molecule has 4 N–H and O–H groups in total. The van der Waals surface area contributed by atoms with Crippen LogP contribution >= 0.6 is 0 Å². The number of phenolic OH excluding ortho intramolecular Hbond substituents is 2. The molecule has 6 heteroatoms. The Morgan fingerprint density at radius 2 is 1.08 bits per heavy atom. The van der Waals surface area contributed by atoms with E-state index in [4.69, 9.17) is 10.7 Å². The van der Waals surface area contributed by atoms with Gasteiger partial charge in [0.1, 0.15) is 23.1 Å². The minimum absolute atomic E-state index is 0. The second kappa shape index (κ2) is 12.6. The van der Waals surface area contributed by atoms with Crippen LogP contribution in [0.5, 0.6) is 11.5 Å². The number of anilines is 1. The molecule has 0 aliphatic heterocycles. The van der Waals surface area contributed by atoms with Crippen LogP contribution in [-0.4, -0.2) is 24.7 Å². The minimum atomic E-state index is 0. The Kier molecular flexibility index (Phi) is 9.82. The normalized spacial score (nSPS) is 10.0. The van der Waals surface area contributed by atoms with Crippen molar-refractivity contribution in [3.8, 4) is 39.8 Å². The van der Waals surface area contributed by atoms with Gasteiger partial charge >= 0.3 is 0 Å². The highest BCUT2D eigenvalue weighted by molar-refractivity contribution is 5.66. The van der Waals surface area contributed by atoms with Gasteiger partial charge in [0.25, 0.3) is 0 Å². The number of pyridine rings is 2.